The van der Waals surface area contributed by atoms with E-state index in [-0.39, 0.29) is 97.2 Å². The van der Waals surface area contributed by atoms with E-state index in [1.54, 1.807) is 0 Å². The highest BCUT2D eigenvalue weighted by Crippen LogP contribution is 2.62. The van der Waals surface area contributed by atoms with Crippen molar-refractivity contribution in [3.8, 4) is 0 Å². The number of rotatable bonds is 12. The fourth-order valence-corrected chi connectivity index (χ4v) is 28.2. The van der Waals surface area contributed by atoms with Crippen LogP contribution >= 0.6 is 0 Å². The molecule has 18 unspecified atom stereocenters. The van der Waals surface area contributed by atoms with Crippen LogP contribution in [-0.4, -0.2) is 26.4 Å². The average molecular weight is 1850 g/mol. The third-order valence-electron chi connectivity index (χ3n) is 34.8. The van der Waals surface area contributed by atoms with Crippen LogP contribution in [0.5, 0.6) is 0 Å². The molecular formula is C130H122N12. The Morgan fingerprint density at radius 1 is 0.204 bits per heavy atom. The number of hydrogen-bond donors (Lipinski definition) is 8. The summed E-state index contributed by atoms with van der Waals surface area (Å²) in [5.74, 6) is -1.05. The Morgan fingerprint density at radius 3 is 0.944 bits per heavy atom. The molecule has 702 valence electrons. The fraction of sp³-hybridized carbons (Fsp3) is 0.262. The number of nitrogens with zero attached hydrogens (tertiary/aromatic N) is 4. The summed E-state index contributed by atoms with van der Waals surface area (Å²) in [6, 6.07) is 156. The number of aryl methyl sites for hydroxylation is 12. The smallest absolute Gasteiger partial charge is 0.156 e. The van der Waals surface area contributed by atoms with Crippen molar-refractivity contribution in [1.29, 1.82) is 0 Å². The molecule has 12 aliphatic heterocycles. The second-order valence-corrected chi connectivity index (χ2v) is 42.7. The van der Waals surface area contributed by atoms with E-state index in [4.69, 9.17) is 26.6 Å². The Kier molecular flexibility index (Phi) is 22.1. The van der Waals surface area contributed by atoms with Crippen molar-refractivity contribution in [3.63, 3.8) is 0 Å². The van der Waals surface area contributed by atoms with Crippen molar-refractivity contribution in [2.24, 2.45) is 0 Å². The van der Waals surface area contributed by atoms with Gasteiger partial charge in [-0.05, 0) is 258 Å². The Morgan fingerprint density at radius 2 is 0.486 bits per heavy atom. The molecule has 0 saturated carbocycles. The van der Waals surface area contributed by atoms with Crippen LogP contribution in [0.25, 0.3) is 0 Å². The van der Waals surface area contributed by atoms with Crippen LogP contribution in [0.3, 0.4) is 0 Å². The summed E-state index contributed by atoms with van der Waals surface area (Å²) in [6.45, 7) is 0.765. The van der Waals surface area contributed by atoms with Crippen LogP contribution in [-0.2, 0) is 88.5 Å². The summed E-state index contributed by atoms with van der Waals surface area (Å²) < 4.78 is 0. The molecule has 36 rings (SSSR count). The highest BCUT2D eigenvalue weighted by atomic mass is 15.8. The lowest BCUT2D eigenvalue weighted by molar-refractivity contribution is -0.117. The topological polar surface area (TPSA) is 109 Å². The van der Waals surface area contributed by atoms with Crippen molar-refractivity contribution >= 4 is 0 Å². The third-order valence-corrected chi connectivity index (χ3v) is 34.8. The van der Waals surface area contributed by atoms with Gasteiger partial charge in [-0.2, -0.15) is 0 Å². The van der Waals surface area contributed by atoms with Gasteiger partial charge in [0.25, 0.3) is 0 Å². The highest BCUT2D eigenvalue weighted by molar-refractivity contribution is 5.55. The van der Waals surface area contributed by atoms with E-state index in [1.807, 2.05) is 0 Å². The van der Waals surface area contributed by atoms with E-state index in [0.717, 1.165) is 103 Å². The van der Waals surface area contributed by atoms with Gasteiger partial charge in [-0.1, -0.05) is 400 Å². The molecule has 6 fully saturated rings. The zero-order chi connectivity index (χ0) is 93.5. The minimum atomic E-state index is -1.05. The van der Waals surface area contributed by atoms with Gasteiger partial charge in [0.2, 0.25) is 0 Å². The van der Waals surface area contributed by atoms with E-state index in [0.29, 0.717) is 0 Å². The van der Waals surface area contributed by atoms with E-state index in [1.165, 1.54) is 167 Å². The molecule has 0 radical (unpaired) electrons. The number of hydrazine groups is 1. The average Bonchev–Trinajstić information content (AvgIpc) is 1.56. The van der Waals surface area contributed by atoms with Crippen molar-refractivity contribution < 1.29 is 0 Å². The first-order chi connectivity index (χ1) is 70.3. The number of fused-ring (bicyclic) bond motifs is 3. The standard InChI is InChI=1S/C130H122N12/c1-10-32-95(33-11-1)113-115(136-129(135-113)72-73-139-121(100-42-20-6-21-43-100)117(97-36-14-3-15-37-97)131-125(139)107-74-83-30-28-31-84-60-66-93(111(129)78-84)51-29-50-89(107)62-56-83)104-80-105(116-114(96-34-12-2-13-35-96)137-130(138-116)112-79-88-55-54-85-57-63-90(70-71-94(112)67-61-88)108(75-85)126-132-118(98-38-16-4-17-39-98)122(140(126)130)101-44-22-7-23-45-101)82-106(81-104)120-124(103-48-26-9-27-49-103)142-128(134-120)110-77-87-53-52-86-58-64-91(68-69-92(110)65-59-87)109(76-86)127-133-119(99-40-18-5-19-41-99)123(141(127)142)102-46-24-8-25-47-102/h1-27,32-49,56-67,74-82,113-128,131-138H,28-31,50-55,68-73H2. The quantitative estimate of drug-likeness (QED) is 0.0597. The van der Waals surface area contributed by atoms with Gasteiger partial charge >= 0.3 is 0 Å². The normalized spacial score (nSPS) is 28.0. The lowest BCUT2D eigenvalue weighted by Gasteiger charge is -2.47. The monoisotopic (exact) mass is 1850 g/mol. The van der Waals surface area contributed by atoms with E-state index < -0.39 is 11.4 Å². The number of nitrogens with one attached hydrogen (secondary N) is 8. The highest BCUT2D eigenvalue weighted by Gasteiger charge is 2.62. The van der Waals surface area contributed by atoms with Crippen LogP contribution in [0.15, 0.2) is 400 Å². The molecule has 16 bridgehead atoms. The molecular weight excluding hydrogens is 1730 g/mol. The molecule has 0 aromatic heterocycles. The van der Waals surface area contributed by atoms with E-state index >= 15 is 0 Å². The maximum Gasteiger partial charge on any atom is 0.156 e. The summed E-state index contributed by atoms with van der Waals surface area (Å²) in [4.78, 5) is 5.85. The Bertz CT molecular complexity index is 7340. The summed E-state index contributed by atoms with van der Waals surface area (Å²) in [7, 11) is 0. The van der Waals surface area contributed by atoms with Gasteiger partial charge in [-0.3, -0.25) is 47.4 Å². The lowest BCUT2D eigenvalue weighted by Crippen LogP contribution is -2.61. The van der Waals surface area contributed by atoms with Crippen molar-refractivity contribution in [2.45, 2.75) is 205 Å². The van der Waals surface area contributed by atoms with Gasteiger partial charge < -0.3 is 0 Å². The molecule has 8 N–H and O–H groups in total. The van der Waals surface area contributed by atoms with Crippen molar-refractivity contribution in [1.82, 2.24) is 62.4 Å². The van der Waals surface area contributed by atoms with Gasteiger partial charge in [0.15, 0.2) is 5.79 Å². The summed E-state index contributed by atoms with van der Waals surface area (Å²) in [5.41, 5.74) is 39.2. The molecule has 8 aliphatic carbocycles. The second kappa shape index (κ2) is 36.2. The summed E-state index contributed by atoms with van der Waals surface area (Å²) in [5, 5.41) is 44.4. The largest absolute Gasteiger partial charge is 0.289 e. The van der Waals surface area contributed by atoms with Crippen LogP contribution in [0, 0.1) is 0 Å². The molecule has 12 nitrogen and oxygen atoms in total. The van der Waals surface area contributed by atoms with E-state index in [9.17, 15) is 0 Å². The van der Waals surface area contributed by atoms with Crippen LogP contribution in [0.1, 0.15) is 283 Å². The van der Waals surface area contributed by atoms with Crippen LogP contribution in [0.2, 0.25) is 0 Å². The molecule has 0 amide bonds. The Balaban J connectivity index is 0.705. The molecule has 20 aliphatic rings. The molecule has 16 aromatic carbocycles. The predicted molar refractivity (Wildman–Crippen MR) is 566 cm³/mol. The molecule has 142 heavy (non-hydrogen) atoms. The lowest BCUT2D eigenvalue weighted by atomic mass is 9.84. The van der Waals surface area contributed by atoms with Crippen LogP contribution < -0.4 is 42.5 Å². The second-order valence-electron chi connectivity index (χ2n) is 42.7. The fourth-order valence-electron chi connectivity index (χ4n) is 28.2. The molecule has 12 heterocycles. The molecule has 12 heteroatoms. The van der Waals surface area contributed by atoms with Gasteiger partial charge in [0, 0.05) is 12.1 Å². The SMILES string of the molecule is c1ccc(C2NC3(CCN4C(NC(c5ccccc5)C4c4ccccc4)c4cc5ccc4CCCc4ccc(cc43)CCC5)NC2c2cc(C3NC4(NC3c3ccccc3)c3cc5ccc3CCc3ccc(cc3C3NC(c6ccccc6)C(c6ccccc6)N34)CC5)cc(C3NC4c5cc6ccc5CCc5ccc(cc5C5NC(c7ccccc7)C(c7ccccc7)N5N4C3c3ccccc3)CC6)c2)cc1. The number of benzene rings is 16. The molecule has 18 atom stereocenters. The van der Waals surface area contributed by atoms with Gasteiger partial charge in [-0.25, -0.2) is 14.9 Å². The maximum absolute atomic E-state index is 5.05. The Hall–Kier alpha value is -13.0. The van der Waals surface area contributed by atoms with Crippen molar-refractivity contribution in [2.75, 3.05) is 6.54 Å². The van der Waals surface area contributed by atoms with Gasteiger partial charge in [0.1, 0.15) is 12.3 Å². The predicted octanol–water partition coefficient (Wildman–Crippen LogP) is 24.6. The Labute approximate surface area is 835 Å². The van der Waals surface area contributed by atoms with Gasteiger partial charge in [-0.15, -0.1) is 0 Å². The third kappa shape index (κ3) is 15.1. The first-order valence-electron chi connectivity index (χ1n) is 52.8. The molecule has 16 aromatic rings. The van der Waals surface area contributed by atoms with E-state index in [2.05, 4.69) is 436 Å². The minimum absolute atomic E-state index is 0.00225. The summed E-state index contributed by atoms with van der Waals surface area (Å²) in [6.07, 6.45) is 13.1. The molecule has 2 spiro atoms. The van der Waals surface area contributed by atoms with Gasteiger partial charge in [0.05, 0.1) is 90.5 Å². The molecule has 6 saturated heterocycles. The summed E-state index contributed by atoms with van der Waals surface area (Å²) >= 11 is 0. The van der Waals surface area contributed by atoms with Crippen molar-refractivity contribution in [3.05, 3.63) is 567 Å². The first-order valence-corrected chi connectivity index (χ1v) is 52.8. The first kappa shape index (κ1) is 86.9. The zero-order valence-electron chi connectivity index (χ0n) is 80.4. The minimum Gasteiger partial charge on any atom is -0.289 e. The zero-order valence-corrected chi connectivity index (χ0v) is 80.4. The number of hydrogen-bond acceptors (Lipinski definition) is 12. The maximum atomic E-state index is 5.05. The van der Waals surface area contributed by atoms with Crippen LogP contribution in [0.4, 0.5) is 0 Å².